The Kier molecular flexibility index (Phi) is 4.55. The number of H-pyrrole nitrogens is 1. The third-order valence-electron chi connectivity index (χ3n) is 3.17. The van der Waals surface area contributed by atoms with Crippen LogP contribution in [0.25, 0.3) is 11.4 Å². The highest BCUT2D eigenvalue weighted by molar-refractivity contribution is 7.71. The van der Waals surface area contributed by atoms with Gasteiger partial charge in [-0.25, -0.2) is 5.10 Å². The van der Waals surface area contributed by atoms with Crippen molar-refractivity contribution in [1.29, 1.82) is 0 Å². The average Bonchev–Trinajstić information content (AvgIpc) is 2.94. The lowest BCUT2D eigenvalue weighted by Gasteiger charge is -2.02. The molecule has 0 amide bonds. The highest BCUT2D eigenvalue weighted by Crippen LogP contribution is 2.20. The highest BCUT2D eigenvalue weighted by atomic mass is 35.5. The lowest BCUT2D eigenvalue weighted by molar-refractivity contribution is 0.415. The second-order valence-corrected chi connectivity index (χ2v) is 5.52. The van der Waals surface area contributed by atoms with Crippen LogP contribution >= 0.6 is 23.8 Å². The van der Waals surface area contributed by atoms with Gasteiger partial charge >= 0.3 is 0 Å². The molecule has 0 saturated carbocycles. The fraction of sp³-hybridized carbons (Fsp3) is 0.0625. The maximum atomic E-state index is 5.92. The van der Waals surface area contributed by atoms with Crippen LogP contribution in [0.4, 0.5) is 0 Å². The zero-order valence-electron chi connectivity index (χ0n) is 12.2. The number of aromatic nitrogens is 3. The molecule has 0 fully saturated rings. The maximum Gasteiger partial charge on any atom is 0.216 e. The number of benzene rings is 2. The molecular formula is C16H13ClN4OS. The summed E-state index contributed by atoms with van der Waals surface area (Å²) in [4.78, 5) is 0. The molecule has 0 bridgehead atoms. The fourth-order valence-electron chi connectivity index (χ4n) is 2.03. The van der Waals surface area contributed by atoms with Crippen LogP contribution < -0.4 is 4.74 Å². The van der Waals surface area contributed by atoms with Gasteiger partial charge in [0.2, 0.25) is 4.77 Å². The molecule has 116 valence electrons. The second kappa shape index (κ2) is 6.76. The fourth-order valence-corrected chi connectivity index (χ4v) is 2.34. The lowest BCUT2D eigenvalue weighted by atomic mass is 10.2. The van der Waals surface area contributed by atoms with Crippen LogP contribution in [-0.4, -0.2) is 28.2 Å². The van der Waals surface area contributed by atoms with Gasteiger partial charge in [0.1, 0.15) is 5.75 Å². The van der Waals surface area contributed by atoms with E-state index >= 15 is 0 Å². The molecule has 3 aromatic rings. The molecule has 0 aliphatic heterocycles. The van der Waals surface area contributed by atoms with Gasteiger partial charge in [-0.3, -0.25) is 0 Å². The van der Waals surface area contributed by atoms with E-state index in [1.807, 2.05) is 36.4 Å². The Hall–Kier alpha value is -2.44. The number of nitrogens with zero attached hydrogens (tertiary/aromatic N) is 3. The van der Waals surface area contributed by atoms with Crippen LogP contribution in [0, 0.1) is 4.77 Å². The van der Waals surface area contributed by atoms with Crippen LogP contribution in [0.1, 0.15) is 5.56 Å². The molecule has 0 spiro atoms. The maximum absolute atomic E-state index is 5.92. The predicted octanol–water partition coefficient (Wildman–Crippen LogP) is 4.15. The molecule has 0 saturated heterocycles. The Bertz CT molecular complexity index is 899. The zero-order chi connectivity index (χ0) is 16.2. The molecule has 23 heavy (non-hydrogen) atoms. The molecule has 0 aliphatic carbocycles. The largest absolute Gasteiger partial charge is 0.497 e. The first-order valence-corrected chi connectivity index (χ1v) is 7.58. The van der Waals surface area contributed by atoms with Gasteiger partial charge in [0, 0.05) is 10.6 Å². The number of hydrogen-bond donors (Lipinski definition) is 1. The Morgan fingerprint density at radius 1 is 1.26 bits per heavy atom. The summed E-state index contributed by atoms with van der Waals surface area (Å²) in [6, 6.07) is 14.9. The van der Waals surface area contributed by atoms with Gasteiger partial charge in [-0.1, -0.05) is 23.7 Å². The summed E-state index contributed by atoms with van der Waals surface area (Å²) < 4.78 is 7.18. The molecule has 5 nitrogen and oxygen atoms in total. The van der Waals surface area contributed by atoms with Crippen molar-refractivity contribution in [1.82, 2.24) is 14.9 Å². The number of nitrogens with one attached hydrogen (secondary N) is 1. The number of hydrogen-bond acceptors (Lipinski definition) is 4. The average molecular weight is 345 g/mol. The summed E-state index contributed by atoms with van der Waals surface area (Å²) >= 11 is 11.2. The van der Waals surface area contributed by atoms with Gasteiger partial charge < -0.3 is 4.74 Å². The highest BCUT2D eigenvalue weighted by Gasteiger charge is 2.07. The molecule has 0 radical (unpaired) electrons. The van der Waals surface area contributed by atoms with E-state index in [0.29, 0.717) is 15.6 Å². The summed E-state index contributed by atoms with van der Waals surface area (Å²) in [5.41, 5.74) is 1.76. The van der Waals surface area contributed by atoms with E-state index < -0.39 is 0 Å². The van der Waals surface area contributed by atoms with Gasteiger partial charge in [0.05, 0.1) is 13.3 Å². The molecule has 0 aliphatic rings. The molecule has 2 aromatic carbocycles. The topological polar surface area (TPSA) is 55.2 Å². The van der Waals surface area contributed by atoms with E-state index in [4.69, 9.17) is 28.6 Å². The second-order valence-electron chi connectivity index (χ2n) is 4.69. The van der Waals surface area contributed by atoms with Gasteiger partial charge in [0.25, 0.3) is 0 Å². The first kappa shape index (κ1) is 15.5. The smallest absolute Gasteiger partial charge is 0.216 e. The number of aromatic amines is 1. The van der Waals surface area contributed by atoms with E-state index in [1.165, 1.54) is 0 Å². The summed E-state index contributed by atoms with van der Waals surface area (Å²) in [5.74, 6) is 1.38. The number of halogens is 1. The summed E-state index contributed by atoms with van der Waals surface area (Å²) in [6.45, 7) is 0. The molecule has 1 N–H and O–H groups in total. The molecule has 0 unspecified atom stereocenters. The minimum atomic E-state index is 0.411. The summed E-state index contributed by atoms with van der Waals surface area (Å²) in [7, 11) is 1.63. The van der Waals surface area contributed by atoms with Crippen molar-refractivity contribution in [3.63, 3.8) is 0 Å². The van der Waals surface area contributed by atoms with E-state index in [0.717, 1.165) is 16.9 Å². The normalized spacial score (nSPS) is 11.0. The first-order chi connectivity index (χ1) is 11.2. The van der Waals surface area contributed by atoms with E-state index in [2.05, 4.69) is 15.3 Å². The number of rotatable bonds is 4. The third-order valence-corrected chi connectivity index (χ3v) is 3.69. The Labute approximate surface area is 143 Å². The molecule has 1 heterocycles. The monoisotopic (exact) mass is 344 g/mol. The van der Waals surface area contributed by atoms with E-state index in [9.17, 15) is 0 Å². The molecule has 7 heteroatoms. The molecule has 1 aromatic heterocycles. The summed E-state index contributed by atoms with van der Waals surface area (Å²) in [6.07, 6.45) is 1.70. The minimum Gasteiger partial charge on any atom is -0.497 e. The predicted molar refractivity (Wildman–Crippen MR) is 93.8 cm³/mol. The minimum absolute atomic E-state index is 0.411. The van der Waals surface area contributed by atoms with Crippen LogP contribution in [0.3, 0.4) is 0 Å². The molecule has 0 atom stereocenters. The van der Waals surface area contributed by atoms with Crippen molar-refractivity contribution in [2.45, 2.75) is 0 Å². The van der Waals surface area contributed by atoms with Crippen molar-refractivity contribution in [3.05, 3.63) is 63.9 Å². The van der Waals surface area contributed by atoms with Crippen molar-refractivity contribution < 1.29 is 4.74 Å². The number of ether oxygens (including phenoxy) is 1. The van der Waals surface area contributed by atoms with E-state index in [1.54, 1.807) is 30.1 Å². The zero-order valence-corrected chi connectivity index (χ0v) is 13.8. The number of methoxy groups -OCH3 is 1. The van der Waals surface area contributed by atoms with Crippen molar-refractivity contribution >= 4 is 30.0 Å². The van der Waals surface area contributed by atoms with Crippen molar-refractivity contribution in [2.75, 3.05) is 7.11 Å². The van der Waals surface area contributed by atoms with Gasteiger partial charge in [-0.15, -0.1) is 0 Å². The quantitative estimate of drug-likeness (QED) is 0.571. The lowest BCUT2D eigenvalue weighted by Crippen LogP contribution is -1.95. The Morgan fingerprint density at radius 2 is 2.04 bits per heavy atom. The Balaban J connectivity index is 1.97. The molecule has 3 rings (SSSR count). The van der Waals surface area contributed by atoms with Crippen LogP contribution in [0.5, 0.6) is 5.75 Å². The standard InChI is InChI=1S/C16H13ClN4OS/c1-22-14-4-2-3-11(9-14)10-18-21-15(19-20-16(21)23)12-5-7-13(17)8-6-12/h2-10H,1H3,(H,20,23). The van der Waals surface area contributed by atoms with Crippen molar-refractivity contribution in [3.8, 4) is 17.1 Å². The third kappa shape index (κ3) is 3.49. The van der Waals surface area contributed by atoms with Crippen molar-refractivity contribution in [2.24, 2.45) is 5.10 Å². The van der Waals surface area contributed by atoms with Crippen LogP contribution in [0.2, 0.25) is 5.02 Å². The van der Waals surface area contributed by atoms with Gasteiger partial charge in [-0.2, -0.15) is 14.9 Å². The van der Waals surface area contributed by atoms with Crippen LogP contribution in [-0.2, 0) is 0 Å². The van der Waals surface area contributed by atoms with E-state index in [-0.39, 0.29) is 0 Å². The Morgan fingerprint density at radius 3 is 2.78 bits per heavy atom. The first-order valence-electron chi connectivity index (χ1n) is 6.79. The SMILES string of the molecule is COc1cccc(C=Nn2c(-c3ccc(Cl)cc3)n[nH]c2=S)c1. The molecular weight excluding hydrogens is 332 g/mol. The van der Waals surface area contributed by atoms with Gasteiger partial charge in [-0.05, 0) is 54.2 Å². The van der Waals surface area contributed by atoms with Gasteiger partial charge in [0.15, 0.2) is 5.82 Å². The summed E-state index contributed by atoms with van der Waals surface area (Å²) in [5, 5.41) is 12.1. The van der Waals surface area contributed by atoms with Crippen LogP contribution in [0.15, 0.2) is 53.6 Å².